The average molecular weight is 447 g/mol. The molecule has 0 spiro atoms. The molecule has 2 rings (SSSR count). The fraction of sp³-hybridized carbons (Fsp3) is 0.500. The van der Waals surface area contributed by atoms with E-state index in [0.29, 0.717) is 5.96 Å². The number of ether oxygens (including phenoxy) is 1. The second-order valence-electron chi connectivity index (χ2n) is 5.35. The van der Waals surface area contributed by atoms with Gasteiger partial charge in [0.15, 0.2) is 5.96 Å². The summed E-state index contributed by atoms with van der Waals surface area (Å²) >= 11 is 0. The third kappa shape index (κ3) is 5.43. The summed E-state index contributed by atoms with van der Waals surface area (Å²) in [5.74, 6) is 1.45. The van der Waals surface area contributed by atoms with Crippen LogP contribution >= 0.6 is 24.0 Å². The minimum atomic E-state index is -0.0741. The SMILES string of the molecule is CN=C(NCC(=O)NC)NC1CCN(c2ccccc2OC)C1.I. The van der Waals surface area contributed by atoms with Crippen LogP contribution < -0.4 is 25.6 Å². The average Bonchev–Trinajstić information content (AvgIpc) is 3.06. The predicted molar refractivity (Wildman–Crippen MR) is 108 cm³/mol. The lowest BCUT2D eigenvalue weighted by molar-refractivity contribution is -0.119. The molecule has 7 nitrogen and oxygen atoms in total. The molecule has 24 heavy (non-hydrogen) atoms. The Bertz CT molecular complexity index is 567. The smallest absolute Gasteiger partial charge is 0.239 e. The van der Waals surface area contributed by atoms with Crippen LogP contribution in [-0.4, -0.2) is 58.7 Å². The summed E-state index contributed by atoms with van der Waals surface area (Å²) in [4.78, 5) is 17.8. The summed E-state index contributed by atoms with van der Waals surface area (Å²) in [6, 6.07) is 8.30. The highest BCUT2D eigenvalue weighted by Crippen LogP contribution is 2.30. The number of benzene rings is 1. The molecule has 1 aliphatic heterocycles. The highest BCUT2D eigenvalue weighted by Gasteiger charge is 2.25. The molecule has 1 atom stereocenters. The zero-order valence-electron chi connectivity index (χ0n) is 14.3. The molecule has 0 aliphatic carbocycles. The first kappa shape index (κ1) is 20.3. The number of halogens is 1. The second-order valence-corrected chi connectivity index (χ2v) is 5.35. The van der Waals surface area contributed by atoms with Gasteiger partial charge in [-0.05, 0) is 18.6 Å². The monoisotopic (exact) mass is 447 g/mol. The Labute approximate surface area is 160 Å². The zero-order valence-corrected chi connectivity index (χ0v) is 16.7. The number of guanidine groups is 1. The molecule has 1 amide bonds. The Hall–Kier alpha value is -1.71. The Morgan fingerprint density at radius 2 is 2.17 bits per heavy atom. The Morgan fingerprint density at radius 1 is 1.42 bits per heavy atom. The van der Waals surface area contributed by atoms with Gasteiger partial charge in [-0.2, -0.15) is 0 Å². The number of hydrogen-bond acceptors (Lipinski definition) is 4. The van der Waals surface area contributed by atoms with E-state index >= 15 is 0 Å². The van der Waals surface area contributed by atoms with Crippen LogP contribution in [0.25, 0.3) is 0 Å². The van der Waals surface area contributed by atoms with Crippen LogP contribution in [0, 0.1) is 0 Å². The van der Waals surface area contributed by atoms with Gasteiger partial charge in [-0.3, -0.25) is 9.79 Å². The van der Waals surface area contributed by atoms with Crippen LogP contribution in [0.5, 0.6) is 5.75 Å². The quantitative estimate of drug-likeness (QED) is 0.354. The maximum absolute atomic E-state index is 11.3. The van der Waals surface area contributed by atoms with E-state index in [-0.39, 0.29) is 42.5 Å². The van der Waals surface area contributed by atoms with Crippen LogP contribution in [0.15, 0.2) is 29.3 Å². The third-order valence-electron chi connectivity index (χ3n) is 3.87. The Morgan fingerprint density at radius 3 is 2.83 bits per heavy atom. The maximum atomic E-state index is 11.3. The Kier molecular flexibility index (Phi) is 8.66. The summed E-state index contributed by atoms with van der Waals surface area (Å²) in [5.41, 5.74) is 1.10. The van der Waals surface area contributed by atoms with Crippen molar-refractivity contribution in [1.29, 1.82) is 0 Å². The van der Waals surface area contributed by atoms with Crippen molar-refractivity contribution in [3.63, 3.8) is 0 Å². The lowest BCUT2D eigenvalue weighted by Crippen LogP contribution is -2.47. The van der Waals surface area contributed by atoms with E-state index in [1.54, 1.807) is 21.2 Å². The summed E-state index contributed by atoms with van der Waals surface area (Å²) in [6.07, 6.45) is 0.999. The summed E-state index contributed by atoms with van der Waals surface area (Å²) in [7, 11) is 5.00. The van der Waals surface area contributed by atoms with Crippen LogP contribution in [-0.2, 0) is 4.79 Å². The number of aliphatic imine (C=N–C) groups is 1. The summed E-state index contributed by atoms with van der Waals surface area (Å²) in [5, 5.41) is 8.94. The van der Waals surface area contributed by atoms with Crippen LogP contribution in [0.3, 0.4) is 0 Å². The molecule has 8 heteroatoms. The van der Waals surface area contributed by atoms with Crippen molar-refractivity contribution in [2.24, 2.45) is 4.99 Å². The highest BCUT2D eigenvalue weighted by atomic mass is 127. The van der Waals surface area contributed by atoms with Crippen LogP contribution in [0.2, 0.25) is 0 Å². The molecule has 1 saturated heterocycles. The lowest BCUT2D eigenvalue weighted by atomic mass is 10.2. The van der Waals surface area contributed by atoms with Gasteiger partial charge in [0.05, 0.1) is 19.3 Å². The van der Waals surface area contributed by atoms with E-state index in [4.69, 9.17) is 4.74 Å². The zero-order chi connectivity index (χ0) is 16.7. The van der Waals surface area contributed by atoms with Crippen molar-refractivity contribution in [2.45, 2.75) is 12.5 Å². The number of rotatable bonds is 5. The first-order valence-corrected chi connectivity index (χ1v) is 7.73. The fourth-order valence-corrected chi connectivity index (χ4v) is 2.63. The molecule has 134 valence electrons. The number of nitrogens with zero attached hydrogens (tertiary/aromatic N) is 2. The molecule has 1 aliphatic rings. The van der Waals surface area contributed by atoms with Crippen molar-refractivity contribution < 1.29 is 9.53 Å². The second kappa shape index (κ2) is 10.2. The molecule has 1 fully saturated rings. The molecule has 1 heterocycles. The molecule has 1 aromatic rings. The van der Waals surface area contributed by atoms with Gasteiger partial charge >= 0.3 is 0 Å². The highest BCUT2D eigenvalue weighted by molar-refractivity contribution is 14.0. The van der Waals surface area contributed by atoms with Crippen molar-refractivity contribution >= 4 is 41.5 Å². The van der Waals surface area contributed by atoms with Crippen molar-refractivity contribution in [3.8, 4) is 5.75 Å². The van der Waals surface area contributed by atoms with Gasteiger partial charge in [-0.25, -0.2) is 0 Å². The largest absolute Gasteiger partial charge is 0.495 e. The topological polar surface area (TPSA) is 78.0 Å². The van der Waals surface area contributed by atoms with Crippen molar-refractivity contribution in [2.75, 3.05) is 45.7 Å². The van der Waals surface area contributed by atoms with Gasteiger partial charge in [0.25, 0.3) is 0 Å². The van der Waals surface area contributed by atoms with E-state index in [1.807, 2.05) is 18.2 Å². The number of para-hydroxylation sites is 2. The first-order valence-electron chi connectivity index (χ1n) is 7.73. The van der Waals surface area contributed by atoms with Gasteiger partial charge in [0.2, 0.25) is 5.91 Å². The van der Waals surface area contributed by atoms with E-state index in [2.05, 4.69) is 31.9 Å². The number of anilines is 1. The number of amides is 1. The molecule has 0 radical (unpaired) electrons. The van der Waals surface area contributed by atoms with Crippen LogP contribution in [0.1, 0.15) is 6.42 Å². The van der Waals surface area contributed by atoms with E-state index in [9.17, 15) is 4.79 Å². The fourth-order valence-electron chi connectivity index (χ4n) is 2.63. The number of likely N-dealkylation sites (N-methyl/N-ethyl adjacent to an activating group) is 1. The Balaban J connectivity index is 0.00000288. The minimum Gasteiger partial charge on any atom is -0.495 e. The number of hydrogen-bond donors (Lipinski definition) is 3. The molecule has 1 aromatic carbocycles. The molecular weight excluding hydrogens is 421 g/mol. The molecule has 0 aromatic heterocycles. The lowest BCUT2D eigenvalue weighted by Gasteiger charge is -2.22. The van der Waals surface area contributed by atoms with Gasteiger partial charge < -0.3 is 25.6 Å². The maximum Gasteiger partial charge on any atom is 0.239 e. The van der Waals surface area contributed by atoms with E-state index < -0.39 is 0 Å². The minimum absolute atomic E-state index is 0. The summed E-state index contributed by atoms with van der Waals surface area (Å²) < 4.78 is 5.43. The number of methoxy groups -OCH3 is 1. The van der Waals surface area contributed by atoms with Gasteiger partial charge in [0, 0.05) is 33.2 Å². The van der Waals surface area contributed by atoms with Crippen molar-refractivity contribution in [1.82, 2.24) is 16.0 Å². The molecular formula is C16H26IN5O2. The van der Waals surface area contributed by atoms with E-state index in [1.165, 1.54) is 0 Å². The van der Waals surface area contributed by atoms with Gasteiger partial charge in [-0.15, -0.1) is 24.0 Å². The number of nitrogens with one attached hydrogen (secondary N) is 3. The standard InChI is InChI=1S/C16H25N5O2.HI/c1-17-15(22)10-19-16(18-2)20-12-8-9-21(11-12)13-6-4-5-7-14(13)23-3;/h4-7,12H,8-11H2,1-3H3,(H,17,22)(H2,18,19,20);1H. The molecule has 1 unspecified atom stereocenters. The molecule has 0 bridgehead atoms. The molecule has 3 N–H and O–H groups in total. The van der Waals surface area contributed by atoms with Gasteiger partial charge in [0.1, 0.15) is 5.75 Å². The third-order valence-corrected chi connectivity index (χ3v) is 3.87. The normalized spacial score (nSPS) is 17.0. The first-order chi connectivity index (χ1) is 11.2. The van der Waals surface area contributed by atoms with Crippen molar-refractivity contribution in [3.05, 3.63) is 24.3 Å². The number of carbonyl (C=O) groups excluding carboxylic acids is 1. The van der Waals surface area contributed by atoms with E-state index in [0.717, 1.165) is 30.9 Å². The predicted octanol–water partition coefficient (Wildman–Crippen LogP) is 0.803. The van der Waals surface area contributed by atoms with Crippen LogP contribution in [0.4, 0.5) is 5.69 Å². The summed E-state index contributed by atoms with van der Waals surface area (Å²) in [6.45, 7) is 2.02. The van der Waals surface area contributed by atoms with Gasteiger partial charge in [-0.1, -0.05) is 12.1 Å². The number of carbonyl (C=O) groups is 1. The molecule has 0 saturated carbocycles.